The number of piperidine rings is 1. The molecule has 2 aromatic rings. The highest BCUT2D eigenvalue weighted by Crippen LogP contribution is 2.22. The van der Waals surface area contributed by atoms with Crippen molar-refractivity contribution in [2.75, 3.05) is 24.6 Å². The first-order valence-corrected chi connectivity index (χ1v) is 7.89. The van der Waals surface area contributed by atoms with Crippen LogP contribution in [0.25, 0.3) is 0 Å². The first kappa shape index (κ1) is 14.8. The zero-order chi connectivity index (χ0) is 15.2. The molecule has 3 nitrogen and oxygen atoms in total. The average molecular weight is 300 g/mol. The number of anilines is 1. The van der Waals surface area contributed by atoms with Gasteiger partial charge in [-0.05, 0) is 43.0 Å². The van der Waals surface area contributed by atoms with Crippen LogP contribution >= 0.6 is 0 Å². The molecule has 0 bridgehead atoms. The van der Waals surface area contributed by atoms with Gasteiger partial charge in [-0.1, -0.05) is 12.1 Å². The van der Waals surface area contributed by atoms with Crippen LogP contribution in [0.1, 0.15) is 24.8 Å². The lowest BCUT2D eigenvalue weighted by molar-refractivity contribution is 0.309. The summed E-state index contributed by atoms with van der Waals surface area (Å²) in [6.07, 6.45) is 6.38. The molecule has 0 unspecified atom stereocenters. The van der Waals surface area contributed by atoms with Gasteiger partial charge < -0.3 is 9.64 Å². The number of benzene rings is 1. The summed E-state index contributed by atoms with van der Waals surface area (Å²) in [7, 11) is 0. The highest BCUT2D eigenvalue weighted by Gasteiger charge is 2.11. The van der Waals surface area contributed by atoms with Crippen LogP contribution in [-0.2, 0) is 6.42 Å². The molecule has 1 aliphatic heterocycles. The summed E-state index contributed by atoms with van der Waals surface area (Å²) >= 11 is 0. The van der Waals surface area contributed by atoms with E-state index < -0.39 is 0 Å². The molecule has 1 aromatic carbocycles. The molecule has 3 rings (SSSR count). The number of hydrogen-bond acceptors (Lipinski definition) is 3. The van der Waals surface area contributed by atoms with Gasteiger partial charge in [0.05, 0.1) is 6.61 Å². The lowest BCUT2D eigenvalue weighted by Gasteiger charge is -2.28. The van der Waals surface area contributed by atoms with Crippen LogP contribution in [0.5, 0.6) is 5.88 Å². The molecular formula is C18H21FN2O. The molecule has 0 spiro atoms. The number of rotatable bonds is 5. The minimum Gasteiger partial charge on any atom is -0.477 e. The van der Waals surface area contributed by atoms with Gasteiger partial charge >= 0.3 is 0 Å². The molecule has 1 aliphatic rings. The topological polar surface area (TPSA) is 25.4 Å². The molecule has 0 N–H and O–H groups in total. The van der Waals surface area contributed by atoms with Crippen LogP contribution in [-0.4, -0.2) is 24.7 Å². The maximum absolute atomic E-state index is 12.8. The van der Waals surface area contributed by atoms with Crippen molar-refractivity contribution in [1.82, 2.24) is 4.98 Å². The Morgan fingerprint density at radius 2 is 1.82 bits per heavy atom. The van der Waals surface area contributed by atoms with E-state index in [-0.39, 0.29) is 5.82 Å². The van der Waals surface area contributed by atoms with Gasteiger partial charge in [0.15, 0.2) is 0 Å². The number of nitrogens with zero attached hydrogens (tertiary/aromatic N) is 2. The van der Waals surface area contributed by atoms with Gasteiger partial charge in [-0.3, -0.25) is 0 Å². The second kappa shape index (κ2) is 7.25. The summed E-state index contributed by atoms with van der Waals surface area (Å²) in [6.45, 7) is 2.76. The van der Waals surface area contributed by atoms with E-state index in [4.69, 9.17) is 4.74 Å². The van der Waals surface area contributed by atoms with Crippen molar-refractivity contribution >= 4 is 5.69 Å². The van der Waals surface area contributed by atoms with Crippen LogP contribution in [0.15, 0.2) is 42.6 Å². The van der Waals surface area contributed by atoms with Gasteiger partial charge in [-0.25, -0.2) is 9.37 Å². The molecule has 2 heterocycles. The fourth-order valence-electron chi connectivity index (χ4n) is 2.75. The number of halogens is 1. The minimum absolute atomic E-state index is 0.208. The van der Waals surface area contributed by atoms with Gasteiger partial charge in [0, 0.05) is 37.5 Å². The monoisotopic (exact) mass is 300 g/mol. The van der Waals surface area contributed by atoms with Gasteiger partial charge in [-0.2, -0.15) is 0 Å². The van der Waals surface area contributed by atoms with E-state index in [1.54, 1.807) is 18.3 Å². The Morgan fingerprint density at radius 3 is 2.59 bits per heavy atom. The molecule has 0 radical (unpaired) electrons. The van der Waals surface area contributed by atoms with E-state index in [0.29, 0.717) is 12.5 Å². The summed E-state index contributed by atoms with van der Waals surface area (Å²) in [5.74, 6) is 0.450. The van der Waals surface area contributed by atoms with Crippen LogP contribution in [0.4, 0.5) is 10.1 Å². The highest BCUT2D eigenvalue weighted by molar-refractivity contribution is 5.48. The largest absolute Gasteiger partial charge is 0.477 e. The molecule has 22 heavy (non-hydrogen) atoms. The molecule has 0 amide bonds. The van der Waals surface area contributed by atoms with Gasteiger partial charge in [0.2, 0.25) is 5.88 Å². The minimum atomic E-state index is -0.208. The van der Waals surface area contributed by atoms with Crippen molar-refractivity contribution in [3.05, 3.63) is 54.0 Å². The summed E-state index contributed by atoms with van der Waals surface area (Å²) in [5.41, 5.74) is 2.25. The number of hydrogen-bond donors (Lipinski definition) is 0. The maximum atomic E-state index is 12.8. The Kier molecular flexibility index (Phi) is 4.88. The van der Waals surface area contributed by atoms with Crippen LogP contribution in [0.3, 0.4) is 0 Å². The first-order chi connectivity index (χ1) is 10.8. The smallest absolute Gasteiger partial charge is 0.215 e. The van der Waals surface area contributed by atoms with E-state index in [0.717, 1.165) is 25.1 Å². The Labute approximate surface area is 130 Å². The van der Waals surface area contributed by atoms with Gasteiger partial charge in [0.25, 0.3) is 0 Å². The Hall–Kier alpha value is -2.10. The molecule has 1 saturated heterocycles. The standard InChI is InChI=1S/C18H21FN2O/c19-16-6-4-15(5-7-16)9-13-22-18-14-17(8-10-20-18)21-11-2-1-3-12-21/h4-8,10,14H,1-3,9,11-13H2. The zero-order valence-electron chi connectivity index (χ0n) is 12.7. The van der Waals surface area contributed by atoms with E-state index in [1.807, 2.05) is 12.1 Å². The molecule has 0 saturated carbocycles. The fraction of sp³-hybridized carbons (Fsp3) is 0.389. The van der Waals surface area contributed by atoms with E-state index in [1.165, 1.54) is 37.1 Å². The maximum Gasteiger partial charge on any atom is 0.215 e. The van der Waals surface area contributed by atoms with Crippen LogP contribution in [0.2, 0.25) is 0 Å². The predicted molar refractivity (Wildman–Crippen MR) is 85.9 cm³/mol. The molecule has 1 aromatic heterocycles. The second-order valence-corrected chi connectivity index (χ2v) is 5.62. The fourth-order valence-corrected chi connectivity index (χ4v) is 2.75. The SMILES string of the molecule is Fc1ccc(CCOc2cc(N3CCCCC3)ccn2)cc1. The highest BCUT2D eigenvalue weighted by atomic mass is 19.1. The van der Waals surface area contributed by atoms with Gasteiger partial charge in [-0.15, -0.1) is 0 Å². The van der Waals surface area contributed by atoms with Crippen molar-refractivity contribution in [3.63, 3.8) is 0 Å². The average Bonchev–Trinajstić information content (AvgIpc) is 2.58. The van der Waals surface area contributed by atoms with E-state index >= 15 is 0 Å². The van der Waals surface area contributed by atoms with Crippen molar-refractivity contribution in [2.45, 2.75) is 25.7 Å². The lowest BCUT2D eigenvalue weighted by Crippen LogP contribution is -2.29. The summed E-state index contributed by atoms with van der Waals surface area (Å²) < 4.78 is 18.6. The van der Waals surface area contributed by atoms with E-state index in [2.05, 4.69) is 9.88 Å². The third-order valence-corrected chi connectivity index (χ3v) is 3.99. The quantitative estimate of drug-likeness (QED) is 0.839. The Bertz CT molecular complexity index is 594. The van der Waals surface area contributed by atoms with E-state index in [9.17, 15) is 4.39 Å². The molecule has 0 aliphatic carbocycles. The molecule has 4 heteroatoms. The van der Waals surface area contributed by atoms with Crippen LogP contribution in [0, 0.1) is 5.82 Å². The summed E-state index contributed by atoms with van der Waals surface area (Å²) in [5, 5.41) is 0. The Morgan fingerprint density at radius 1 is 1.05 bits per heavy atom. The normalized spacial score (nSPS) is 14.9. The molecule has 1 fully saturated rings. The number of ether oxygens (including phenoxy) is 1. The third kappa shape index (κ3) is 3.97. The summed E-state index contributed by atoms with van der Waals surface area (Å²) in [4.78, 5) is 6.66. The summed E-state index contributed by atoms with van der Waals surface area (Å²) in [6, 6.07) is 10.6. The van der Waals surface area contributed by atoms with Crippen LogP contribution < -0.4 is 9.64 Å². The van der Waals surface area contributed by atoms with Gasteiger partial charge in [0.1, 0.15) is 5.82 Å². The number of pyridine rings is 1. The molecular weight excluding hydrogens is 279 g/mol. The zero-order valence-corrected chi connectivity index (χ0v) is 12.7. The van der Waals surface area contributed by atoms with Crippen molar-refractivity contribution in [3.8, 4) is 5.88 Å². The van der Waals surface area contributed by atoms with Crippen molar-refractivity contribution in [2.24, 2.45) is 0 Å². The first-order valence-electron chi connectivity index (χ1n) is 7.89. The molecule has 0 atom stereocenters. The Balaban J connectivity index is 1.55. The second-order valence-electron chi connectivity index (χ2n) is 5.62. The molecule has 116 valence electrons. The van der Waals surface area contributed by atoms with Crippen molar-refractivity contribution in [1.29, 1.82) is 0 Å². The van der Waals surface area contributed by atoms with Crippen molar-refractivity contribution < 1.29 is 9.13 Å². The lowest BCUT2D eigenvalue weighted by atomic mass is 10.1. The predicted octanol–water partition coefficient (Wildman–Crippen LogP) is 3.83. The number of aromatic nitrogens is 1. The third-order valence-electron chi connectivity index (χ3n) is 3.99.